The quantitative estimate of drug-likeness (QED) is 0.150. The number of aryl methyl sites for hydroxylation is 2. The van der Waals surface area contributed by atoms with Crippen molar-refractivity contribution in [3.8, 4) is 0 Å². The van der Waals surface area contributed by atoms with Crippen LogP contribution in [0.5, 0.6) is 0 Å². The van der Waals surface area contributed by atoms with Gasteiger partial charge >= 0.3 is 0 Å². The first-order chi connectivity index (χ1) is 23.1. The summed E-state index contributed by atoms with van der Waals surface area (Å²) in [5.74, 6) is -0.676. The van der Waals surface area contributed by atoms with Crippen LogP contribution >= 0.6 is 11.8 Å². The zero-order chi connectivity index (χ0) is 34.1. The largest absolute Gasteiger partial charge is 0.352 e. The lowest BCUT2D eigenvalue weighted by Crippen LogP contribution is -2.55. The van der Waals surface area contributed by atoms with E-state index in [4.69, 9.17) is 0 Å². The fourth-order valence-corrected chi connectivity index (χ4v) is 8.04. The predicted molar refractivity (Wildman–Crippen MR) is 195 cm³/mol. The number of hydrogen-bond acceptors (Lipinski definition) is 5. The van der Waals surface area contributed by atoms with E-state index in [1.807, 2.05) is 86.8 Å². The highest BCUT2D eigenvalue weighted by molar-refractivity contribution is 7.98. The Labute approximate surface area is 289 Å². The summed E-state index contributed by atoms with van der Waals surface area (Å²) < 4.78 is 29.8. The molecule has 1 fully saturated rings. The molecule has 1 aliphatic carbocycles. The first-order valence-electron chi connectivity index (χ1n) is 16.6. The maximum absolute atomic E-state index is 14.7. The lowest BCUT2D eigenvalue weighted by atomic mass is 9.94. The highest BCUT2D eigenvalue weighted by Gasteiger charge is 2.35. The van der Waals surface area contributed by atoms with Gasteiger partial charge in [0.05, 0.1) is 10.6 Å². The minimum atomic E-state index is -4.15. The molecule has 0 unspecified atom stereocenters. The molecule has 4 aromatic rings. The third-order valence-corrected chi connectivity index (χ3v) is 11.4. The number of nitrogens with one attached hydrogen (secondary N) is 1. The third-order valence-electron chi connectivity index (χ3n) is 8.91. The van der Waals surface area contributed by atoms with Gasteiger partial charge in [-0.15, -0.1) is 11.8 Å². The van der Waals surface area contributed by atoms with Crippen molar-refractivity contribution in [2.75, 3.05) is 17.1 Å². The van der Waals surface area contributed by atoms with E-state index in [1.165, 1.54) is 16.1 Å². The summed E-state index contributed by atoms with van der Waals surface area (Å²) in [6, 6.07) is 30.5. The van der Waals surface area contributed by atoms with Gasteiger partial charge in [-0.1, -0.05) is 97.1 Å². The fourth-order valence-electron chi connectivity index (χ4n) is 6.22. The van der Waals surface area contributed by atoms with Crippen LogP contribution < -0.4 is 9.62 Å². The Morgan fingerprint density at radius 3 is 2.12 bits per heavy atom. The topological polar surface area (TPSA) is 86.8 Å². The summed E-state index contributed by atoms with van der Waals surface area (Å²) in [5.41, 5.74) is 4.16. The van der Waals surface area contributed by atoms with Gasteiger partial charge < -0.3 is 10.2 Å². The van der Waals surface area contributed by atoms with Gasteiger partial charge in [-0.2, -0.15) is 0 Å². The average molecular weight is 684 g/mol. The van der Waals surface area contributed by atoms with Crippen LogP contribution in [0.3, 0.4) is 0 Å². The zero-order valence-electron chi connectivity index (χ0n) is 28.0. The van der Waals surface area contributed by atoms with Gasteiger partial charge in [-0.25, -0.2) is 8.42 Å². The Balaban J connectivity index is 1.56. The van der Waals surface area contributed by atoms with Gasteiger partial charge in [0.2, 0.25) is 11.8 Å². The first kappa shape index (κ1) is 35.2. The Kier molecular flexibility index (Phi) is 12.0. The Bertz CT molecular complexity index is 1770. The zero-order valence-corrected chi connectivity index (χ0v) is 29.6. The second-order valence-corrected chi connectivity index (χ2v) is 15.3. The maximum atomic E-state index is 14.7. The van der Waals surface area contributed by atoms with E-state index in [0.29, 0.717) is 12.1 Å². The molecule has 0 radical (unpaired) electrons. The van der Waals surface area contributed by atoms with Crippen molar-refractivity contribution in [2.45, 2.75) is 80.8 Å². The smallest absolute Gasteiger partial charge is 0.264 e. The molecule has 1 atom stereocenters. The molecule has 0 spiro atoms. The molecule has 1 saturated carbocycles. The van der Waals surface area contributed by atoms with E-state index in [0.717, 1.165) is 59.3 Å². The number of sulfonamides is 1. The molecule has 0 saturated heterocycles. The number of hydrogen-bond donors (Lipinski definition) is 1. The Morgan fingerprint density at radius 1 is 0.812 bits per heavy atom. The number of amides is 2. The van der Waals surface area contributed by atoms with Crippen LogP contribution in [0.1, 0.15) is 54.4 Å². The molecule has 9 heteroatoms. The van der Waals surface area contributed by atoms with Crippen LogP contribution in [-0.4, -0.2) is 50.0 Å². The molecule has 0 aliphatic heterocycles. The van der Waals surface area contributed by atoms with E-state index < -0.39 is 28.5 Å². The number of carbonyl (C=O) groups is 2. The average Bonchev–Trinajstić information content (AvgIpc) is 3.10. The second kappa shape index (κ2) is 16.3. The summed E-state index contributed by atoms with van der Waals surface area (Å²) in [7, 11) is -4.15. The Hall–Kier alpha value is -4.08. The highest BCUT2D eigenvalue weighted by Crippen LogP contribution is 2.27. The van der Waals surface area contributed by atoms with E-state index in [9.17, 15) is 18.0 Å². The number of benzene rings is 4. The summed E-state index contributed by atoms with van der Waals surface area (Å²) in [4.78, 5) is 31.6. The summed E-state index contributed by atoms with van der Waals surface area (Å²) in [6.45, 7) is 3.60. The van der Waals surface area contributed by atoms with E-state index in [1.54, 1.807) is 41.3 Å². The van der Waals surface area contributed by atoms with Crippen molar-refractivity contribution in [2.24, 2.45) is 0 Å². The molecule has 48 heavy (non-hydrogen) atoms. The monoisotopic (exact) mass is 683 g/mol. The molecular formula is C39H45N3O4S2. The molecule has 7 nitrogen and oxygen atoms in total. The molecule has 0 bridgehead atoms. The standard InChI is InChI=1S/C39H45N3O4S2/c1-29-17-19-34(20-18-29)42(48(45,46)36-23-21-35(47-3)22-24-36)28-38(43)41(27-32-14-10-11-30(2)25-32)37(26-31-12-6-4-7-13-31)39(44)40-33-15-8-5-9-16-33/h4,6-7,10-14,17-25,33,37H,5,8-9,15-16,26-28H2,1-3H3,(H,40,44)/t37-/m1/s1. The fraction of sp³-hybridized carbons (Fsp3) is 0.333. The minimum Gasteiger partial charge on any atom is -0.352 e. The molecule has 1 N–H and O–H groups in total. The summed E-state index contributed by atoms with van der Waals surface area (Å²) in [6.07, 6.45) is 7.31. The molecule has 5 rings (SSSR count). The molecule has 0 aromatic heterocycles. The van der Waals surface area contributed by atoms with Crippen molar-refractivity contribution in [1.82, 2.24) is 10.2 Å². The van der Waals surface area contributed by atoms with Crippen LogP contribution in [0.4, 0.5) is 5.69 Å². The van der Waals surface area contributed by atoms with Crippen molar-refractivity contribution < 1.29 is 18.0 Å². The molecule has 0 heterocycles. The number of carbonyl (C=O) groups excluding carboxylic acids is 2. The lowest BCUT2D eigenvalue weighted by Gasteiger charge is -2.35. The van der Waals surface area contributed by atoms with Crippen LogP contribution in [0.2, 0.25) is 0 Å². The molecule has 1 aliphatic rings. The number of nitrogens with zero attached hydrogens (tertiary/aromatic N) is 2. The van der Waals surface area contributed by atoms with Gasteiger partial charge in [0.25, 0.3) is 10.0 Å². The van der Waals surface area contributed by atoms with Gasteiger partial charge in [-0.05, 0) is 80.5 Å². The lowest BCUT2D eigenvalue weighted by molar-refractivity contribution is -0.140. The van der Waals surface area contributed by atoms with Crippen LogP contribution in [0.25, 0.3) is 0 Å². The van der Waals surface area contributed by atoms with Crippen LogP contribution in [0.15, 0.2) is 113 Å². The van der Waals surface area contributed by atoms with Gasteiger partial charge in [0.15, 0.2) is 0 Å². The van der Waals surface area contributed by atoms with Crippen molar-refractivity contribution in [1.29, 1.82) is 0 Å². The van der Waals surface area contributed by atoms with Gasteiger partial charge in [0, 0.05) is 23.9 Å². The molecule has 252 valence electrons. The van der Waals surface area contributed by atoms with Crippen LogP contribution in [0, 0.1) is 13.8 Å². The maximum Gasteiger partial charge on any atom is 0.264 e. The van der Waals surface area contributed by atoms with E-state index in [-0.39, 0.29) is 23.4 Å². The summed E-state index contributed by atoms with van der Waals surface area (Å²) >= 11 is 1.52. The number of anilines is 1. The third kappa shape index (κ3) is 9.08. The minimum absolute atomic E-state index is 0.0501. The first-order valence-corrected chi connectivity index (χ1v) is 19.2. The van der Waals surface area contributed by atoms with Crippen LogP contribution in [-0.2, 0) is 32.6 Å². The normalized spacial score (nSPS) is 14.2. The van der Waals surface area contributed by atoms with Gasteiger partial charge in [-0.3, -0.25) is 13.9 Å². The number of rotatable bonds is 13. The SMILES string of the molecule is CSc1ccc(S(=O)(=O)N(CC(=O)N(Cc2cccc(C)c2)[C@H](Cc2ccccc2)C(=O)NC2CCCCC2)c2ccc(C)cc2)cc1. The predicted octanol–water partition coefficient (Wildman–Crippen LogP) is 7.31. The van der Waals surface area contributed by atoms with Crippen molar-refractivity contribution in [3.05, 3.63) is 125 Å². The van der Waals surface area contributed by atoms with Crippen molar-refractivity contribution >= 4 is 39.3 Å². The summed E-state index contributed by atoms with van der Waals surface area (Å²) in [5, 5.41) is 3.26. The van der Waals surface area contributed by atoms with E-state index in [2.05, 4.69) is 5.32 Å². The highest BCUT2D eigenvalue weighted by atomic mass is 32.2. The molecule has 4 aromatic carbocycles. The second-order valence-electron chi connectivity index (χ2n) is 12.6. The number of thioether (sulfide) groups is 1. The Morgan fingerprint density at radius 2 is 1.48 bits per heavy atom. The van der Waals surface area contributed by atoms with Gasteiger partial charge in [0.1, 0.15) is 12.6 Å². The molecule has 2 amide bonds. The van der Waals surface area contributed by atoms with Crippen molar-refractivity contribution in [3.63, 3.8) is 0 Å². The van der Waals surface area contributed by atoms with E-state index >= 15 is 0 Å². The molecular weight excluding hydrogens is 639 g/mol.